The average Bonchev–Trinajstić information content (AvgIpc) is 2.84. The second-order valence-corrected chi connectivity index (χ2v) is 8.71. The smallest absolute Gasteiger partial charge is 0.103 e. The number of benzene rings is 4. The Morgan fingerprint density at radius 3 is 1.22 bits per heavy atom. The molecule has 0 unspecified atom stereocenters. The SMILES string of the molecule is Cc1c(N)c(N)c2c(N)c(NNc3c(N)c(N)c4c(N)c(N)c(N)c(N)c4c3C)c(N)c(N)c2c1N. The Balaban J connectivity index is 1.94. The number of rotatable bonds is 3. The molecule has 4 aromatic carbocycles. The quantitative estimate of drug-likeness (QED) is 0.140. The molecule has 0 saturated heterocycles. The van der Waals surface area contributed by atoms with Crippen LogP contribution in [0.2, 0.25) is 0 Å². The number of hydrogen-bond acceptors (Lipinski definition) is 14. The molecule has 0 bridgehead atoms. The van der Waals surface area contributed by atoms with Crippen LogP contribution in [0.25, 0.3) is 21.5 Å². The lowest BCUT2D eigenvalue weighted by atomic mass is 9.95. The van der Waals surface area contributed by atoms with E-state index in [2.05, 4.69) is 10.9 Å². The fraction of sp³-hybridized carbons (Fsp3) is 0.0909. The van der Waals surface area contributed by atoms with Crippen LogP contribution in [0.4, 0.5) is 79.6 Å². The van der Waals surface area contributed by atoms with Gasteiger partial charge in [0.1, 0.15) is 5.69 Å². The van der Waals surface area contributed by atoms with Gasteiger partial charge in [0.2, 0.25) is 0 Å². The van der Waals surface area contributed by atoms with Gasteiger partial charge in [-0.3, -0.25) is 10.9 Å². The third kappa shape index (κ3) is 2.84. The molecule has 4 aromatic rings. The Hall–Kier alpha value is -5.40. The van der Waals surface area contributed by atoms with Crippen LogP contribution < -0.4 is 79.7 Å². The summed E-state index contributed by atoms with van der Waals surface area (Å²) in [5, 5.41) is 1.69. The molecular formula is C22H32N14. The van der Waals surface area contributed by atoms with Gasteiger partial charge in [-0.05, 0) is 25.0 Å². The van der Waals surface area contributed by atoms with E-state index >= 15 is 0 Å². The maximum atomic E-state index is 6.47. The highest BCUT2D eigenvalue weighted by molar-refractivity contribution is 6.24. The number of nitrogens with one attached hydrogen (secondary N) is 2. The monoisotopic (exact) mass is 492 g/mol. The van der Waals surface area contributed by atoms with Gasteiger partial charge in [-0.1, -0.05) is 0 Å². The lowest BCUT2D eigenvalue weighted by Gasteiger charge is -2.24. The predicted molar refractivity (Wildman–Crippen MR) is 158 cm³/mol. The zero-order chi connectivity index (χ0) is 27.0. The zero-order valence-electron chi connectivity index (χ0n) is 19.9. The van der Waals surface area contributed by atoms with Crippen molar-refractivity contribution < 1.29 is 0 Å². The summed E-state index contributed by atoms with van der Waals surface area (Å²) >= 11 is 0. The number of fused-ring (bicyclic) bond motifs is 2. The normalized spacial score (nSPS) is 11.3. The minimum Gasteiger partial charge on any atom is -0.398 e. The summed E-state index contributed by atoms with van der Waals surface area (Å²) in [6, 6.07) is 0. The summed E-state index contributed by atoms with van der Waals surface area (Å²) in [5.41, 5.74) is 85.2. The van der Waals surface area contributed by atoms with Gasteiger partial charge in [0.25, 0.3) is 0 Å². The molecule has 0 atom stereocenters. The van der Waals surface area contributed by atoms with E-state index in [9.17, 15) is 0 Å². The molecule has 0 aliphatic rings. The highest BCUT2D eigenvalue weighted by Crippen LogP contribution is 2.50. The van der Waals surface area contributed by atoms with Gasteiger partial charge >= 0.3 is 0 Å². The van der Waals surface area contributed by atoms with Crippen molar-refractivity contribution in [2.75, 3.05) is 79.7 Å². The first-order valence-corrected chi connectivity index (χ1v) is 10.7. The largest absolute Gasteiger partial charge is 0.398 e. The van der Waals surface area contributed by atoms with Crippen LogP contribution in [0, 0.1) is 13.8 Å². The molecule has 26 N–H and O–H groups in total. The zero-order valence-corrected chi connectivity index (χ0v) is 19.9. The van der Waals surface area contributed by atoms with Gasteiger partial charge in [-0.15, -0.1) is 0 Å². The molecule has 0 aliphatic heterocycles. The maximum Gasteiger partial charge on any atom is 0.103 e. The molecule has 0 spiro atoms. The van der Waals surface area contributed by atoms with Crippen LogP contribution in [0.1, 0.15) is 11.1 Å². The van der Waals surface area contributed by atoms with E-state index in [0.717, 1.165) is 0 Å². The first-order valence-electron chi connectivity index (χ1n) is 10.7. The Bertz CT molecular complexity index is 1500. The van der Waals surface area contributed by atoms with Crippen molar-refractivity contribution in [2.45, 2.75) is 13.8 Å². The molecule has 0 amide bonds. The number of nitrogen functional groups attached to an aromatic ring is 12. The molecule has 4 rings (SSSR count). The highest BCUT2D eigenvalue weighted by Gasteiger charge is 2.24. The first-order chi connectivity index (χ1) is 16.7. The number of aryl methyl sites for hydroxylation is 1. The van der Waals surface area contributed by atoms with E-state index in [4.69, 9.17) is 68.8 Å². The standard InChI is InChI=1S/C22H32N14/c1-3-5-6(13(27)18(32)17(31)11(5)25)14(28)19(33)21(3)35-36-22-16(30)8-7(15(29)20(22)34)9(23)4(2)10(24)12(8)26/h35-36H,23-34H2,1-2H3. The molecule has 190 valence electrons. The van der Waals surface area contributed by atoms with Gasteiger partial charge in [-0.2, -0.15) is 0 Å². The van der Waals surface area contributed by atoms with Gasteiger partial charge in [-0.25, -0.2) is 0 Å². The predicted octanol–water partition coefficient (Wildman–Crippen LogP) is 1.04. The van der Waals surface area contributed by atoms with Crippen molar-refractivity contribution >= 4 is 101 Å². The lowest BCUT2D eigenvalue weighted by molar-refractivity contribution is 1.39. The highest BCUT2D eigenvalue weighted by atomic mass is 15.4. The molecule has 14 nitrogen and oxygen atoms in total. The van der Waals surface area contributed by atoms with Gasteiger partial charge in [0.15, 0.2) is 0 Å². The summed E-state index contributed by atoms with van der Waals surface area (Å²) in [4.78, 5) is 0. The van der Waals surface area contributed by atoms with E-state index in [1.54, 1.807) is 13.8 Å². The van der Waals surface area contributed by atoms with Crippen molar-refractivity contribution in [3.05, 3.63) is 11.1 Å². The number of hydrazine groups is 1. The molecule has 0 radical (unpaired) electrons. The van der Waals surface area contributed by atoms with Crippen molar-refractivity contribution in [3.8, 4) is 0 Å². The number of hydrogen-bond donors (Lipinski definition) is 14. The summed E-state index contributed by atoms with van der Waals surface area (Å²) in [6.07, 6.45) is 0. The van der Waals surface area contributed by atoms with Crippen molar-refractivity contribution in [3.63, 3.8) is 0 Å². The topological polar surface area (TPSA) is 336 Å². The summed E-state index contributed by atoms with van der Waals surface area (Å²) in [7, 11) is 0. The minimum absolute atomic E-state index is 0.128. The van der Waals surface area contributed by atoms with E-state index in [1.165, 1.54) is 0 Å². The average molecular weight is 493 g/mol. The molecular weight excluding hydrogens is 460 g/mol. The molecule has 14 heteroatoms. The van der Waals surface area contributed by atoms with Crippen molar-refractivity contribution in [2.24, 2.45) is 0 Å². The van der Waals surface area contributed by atoms with Crippen molar-refractivity contribution in [1.82, 2.24) is 0 Å². The number of nitrogens with two attached hydrogens (primary N) is 12. The van der Waals surface area contributed by atoms with Crippen LogP contribution in [-0.4, -0.2) is 0 Å². The second kappa shape index (κ2) is 7.56. The van der Waals surface area contributed by atoms with Crippen LogP contribution in [0.15, 0.2) is 0 Å². The minimum atomic E-state index is 0.128. The van der Waals surface area contributed by atoms with Crippen molar-refractivity contribution in [1.29, 1.82) is 0 Å². The van der Waals surface area contributed by atoms with Gasteiger partial charge in [0.05, 0.1) is 68.2 Å². The van der Waals surface area contributed by atoms with E-state index < -0.39 is 0 Å². The third-order valence-corrected chi connectivity index (χ3v) is 6.80. The Morgan fingerprint density at radius 1 is 0.306 bits per heavy atom. The van der Waals surface area contributed by atoms with Gasteiger partial charge in [0, 0.05) is 27.2 Å². The summed E-state index contributed by atoms with van der Waals surface area (Å²) in [6.45, 7) is 3.49. The maximum absolute atomic E-state index is 6.47. The first kappa shape index (κ1) is 23.7. The number of anilines is 14. The molecule has 36 heavy (non-hydrogen) atoms. The second-order valence-electron chi connectivity index (χ2n) is 8.71. The fourth-order valence-corrected chi connectivity index (χ4v) is 4.55. The van der Waals surface area contributed by atoms with E-state index in [1.807, 2.05) is 0 Å². The van der Waals surface area contributed by atoms with E-state index in [0.29, 0.717) is 49.7 Å². The molecule has 0 saturated carbocycles. The molecule has 0 aliphatic carbocycles. The van der Waals surface area contributed by atoms with Crippen LogP contribution >= 0.6 is 0 Å². The molecule has 0 heterocycles. The lowest BCUT2D eigenvalue weighted by Crippen LogP contribution is -2.18. The third-order valence-electron chi connectivity index (χ3n) is 6.80. The summed E-state index contributed by atoms with van der Waals surface area (Å²) in [5.74, 6) is 0. The Kier molecular flexibility index (Phi) is 4.99. The molecule has 0 fully saturated rings. The molecule has 0 aromatic heterocycles. The van der Waals surface area contributed by atoms with E-state index in [-0.39, 0.29) is 62.6 Å². The van der Waals surface area contributed by atoms with Crippen LogP contribution in [0.3, 0.4) is 0 Å². The van der Waals surface area contributed by atoms with Crippen LogP contribution in [-0.2, 0) is 0 Å². The van der Waals surface area contributed by atoms with Crippen LogP contribution in [0.5, 0.6) is 0 Å². The Labute approximate surface area is 206 Å². The fourth-order valence-electron chi connectivity index (χ4n) is 4.55. The van der Waals surface area contributed by atoms with Gasteiger partial charge < -0.3 is 68.8 Å². The Morgan fingerprint density at radius 2 is 0.667 bits per heavy atom. The summed E-state index contributed by atoms with van der Waals surface area (Å²) < 4.78 is 0.